The minimum Gasteiger partial charge on any atom is -0.343 e. The molecule has 0 spiro atoms. The van der Waals surface area contributed by atoms with Crippen LogP contribution in [0.5, 0.6) is 0 Å². The average molecular weight is 183 g/mol. The zero-order valence-electron chi connectivity index (χ0n) is 9.01. The van der Waals surface area contributed by atoms with Gasteiger partial charge in [-0.2, -0.15) is 0 Å². The minimum absolute atomic E-state index is 0.679. The quantitative estimate of drug-likeness (QED) is 0.666. The van der Waals surface area contributed by atoms with E-state index in [2.05, 4.69) is 22.1 Å². The summed E-state index contributed by atoms with van der Waals surface area (Å²) in [5.74, 6) is 1.33. The van der Waals surface area contributed by atoms with Gasteiger partial charge in [0.2, 0.25) is 0 Å². The molecule has 1 saturated heterocycles. The van der Waals surface area contributed by atoms with Gasteiger partial charge >= 0.3 is 0 Å². The maximum absolute atomic E-state index is 4.51. The fraction of sp³-hybridized carbons (Fsp3) is 0.900. The summed E-state index contributed by atoms with van der Waals surface area (Å²) in [6.07, 6.45) is 2.34. The number of fused-ring (bicyclic) bond motifs is 1. The topological polar surface area (TPSA) is 27.6 Å². The van der Waals surface area contributed by atoms with Crippen LogP contribution in [0.4, 0.5) is 0 Å². The Labute approximate surface area is 81.2 Å². The van der Waals surface area contributed by atoms with Gasteiger partial charge in [0, 0.05) is 13.0 Å². The third-order valence-electron chi connectivity index (χ3n) is 2.54. The summed E-state index contributed by atoms with van der Waals surface area (Å²) in [4.78, 5) is 6.92. The summed E-state index contributed by atoms with van der Waals surface area (Å²) in [7, 11) is 0. The third-order valence-corrected chi connectivity index (χ3v) is 2.54. The van der Waals surface area contributed by atoms with E-state index in [0.29, 0.717) is 6.04 Å². The van der Waals surface area contributed by atoms with Gasteiger partial charge in [0.05, 0.1) is 19.3 Å². The highest BCUT2D eigenvalue weighted by Gasteiger charge is 2.27. The first-order valence-corrected chi connectivity index (χ1v) is 5.42. The highest BCUT2D eigenvalue weighted by atomic mass is 15.3. The van der Waals surface area contributed by atoms with Gasteiger partial charge in [0.25, 0.3) is 0 Å². The predicted octanol–water partition coefficient (Wildman–Crippen LogP) is 1.46. The van der Waals surface area contributed by atoms with Crippen molar-refractivity contribution >= 4 is 5.84 Å². The first-order chi connectivity index (χ1) is 6.42. The van der Waals surface area contributed by atoms with E-state index in [1.54, 1.807) is 0 Å². The monoisotopic (exact) mass is 183 g/mol. The molecule has 1 fully saturated rings. The molecule has 0 radical (unpaired) electrons. The average Bonchev–Trinajstić information content (AvgIpc) is 2.64. The molecule has 2 aliphatic rings. The Morgan fingerprint density at radius 3 is 3.00 bits per heavy atom. The zero-order chi connectivity index (χ0) is 9.68. The van der Waals surface area contributed by atoms with Crippen LogP contribution in [-0.2, 0) is 0 Å². The van der Waals surface area contributed by atoms with E-state index in [1.165, 1.54) is 12.3 Å². The summed E-state index contributed by atoms with van der Waals surface area (Å²) in [6.45, 7) is 9.37. The Hall–Kier alpha value is -0.570. The molecule has 0 bridgehead atoms. The maximum atomic E-state index is 4.51. The van der Waals surface area contributed by atoms with E-state index in [4.69, 9.17) is 0 Å². The van der Waals surface area contributed by atoms with Crippen molar-refractivity contribution < 1.29 is 0 Å². The number of nitrogens with zero attached hydrogens (tertiary/aromatic N) is 2. The smallest absolute Gasteiger partial charge is 0.102 e. The molecule has 1 unspecified atom stereocenters. The molecule has 2 rings (SSSR count). The summed E-state index contributed by atoms with van der Waals surface area (Å²) >= 11 is 0. The van der Waals surface area contributed by atoms with Crippen molar-refractivity contribution in [1.82, 2.24) is 10.2 Å². The summed E-state index contributed by atoms with van der Waals surface area (Å²) in [5, 5.41) is 3.37. The van der Waals surface area contributed by atoms with Crippen molar-refractivity contribution in [2.24, 2.45) is 4.99 Å². The molecule has 0 aromatic carbocycles. The van der Waals surface area contributed by atoms with Crippen LogP contribution in [0.2, 0.25) is 0 Å². The predicted molar refractivity (Wildman–Crippen MR) is 57.1 cm³/mol. The molecule has 0 aliphatic carbocycles. The Morgan fingerprint density at radius 1 is 1.54 bits per heavy atom. The molecule has 0 saturated carbocycles. The maximum Gasteiger partial charge on any atom is 0.102 e. The molecule has 0 aromatic heterocycles. The summed E-state index contributed by atoms with van der Waals surface area (Å²) in [6, 6.07) is 0.679. The molecule has 2 heterocycles. The summed E-state index contributed by atoms with van der Waals surface area (Å²) in [5.41, 5.74) is 0. The first-order valence-electron chi connectivity index (χ1n) is 5.42. The van der Waals surface area contributed by atoms with Crippen LogP contribution in [-0.4, -0.2) is 36.5 Å². The van der Waals surface area contributed by atoms with Gasteiger partial charge in [-0.15, -0.1) is 0 Å². The molecule has 76 valence electrons. The lowest BCUT2D eigenvalue weighted by Crippen LogP contribution is -2.47. The Kier molecular flexibility index (Phi) is 4.22. The van der Waals surface area contributed by atoms with Crippen molar-refractivity contribution in [3.05, 3.63) is 0 Å². The number of hydrogen-bond acceptors (Lipinski definition) is 3. The van der Waals surface area contributed by atoms with Crippen LogP contribution in [0.25, 0.3) is 0 Å². The Bertz CT molecular complexity index is 177. The van der Waals surface area contributed by atoms with Crippen LogP contribution in [0.15, 0.2) is 4.99 Å². The second kappa shape index (κ2) is 5.22. The van der Waals surface area contributed by atoms with E-state index in [1.807, 2.05) is 13.8 Å². The van der Waals surface area contributed by atoms with Crippen LogP contribution in [0, 0.1) is 0 Å². The van der Waals surface area contributed by atoms with Gasteiger partial charge in [0.15, 0.2) is 0 Å². The molecule has 2 aliphatic heterocycles. The van der Waals surface area contributed by atoms with Gasteiger partial charge < -0.3 is 4.90 Å². The highest BCUT2D eigenvalue weighted by Crippen LogP contribution is 2.16. The SMILES string of the molecule is CC.CCC1CN=C2CCNCN21. The first kappa shape index (κ1) is 10.5. The fourth-order valence-corrected chi connectivity index (χ4v) is 1.80. The molecule has 13 heavy (non-hydrogen) atoms. The Balaban J connectivity index is 0.000000396. The molecular formula is C10H21N3. The van der Waals surface area contributed by atoms with Gasteiger partial charge in [-0.05, 0) is 6.42 Å². The number of hydrogen-bond donors (Lipinski definition) is 1. The standard InChI is InChI=1S/C8H15N3.C2H6/c1-2-7-5-10-8-3-4-9-6-11(7)8;1-2/h7,9H,2-6H2,1H3;1-2H3. The summed E-state index contributed by atoms with van der Waals surface area (Å²) < 4.78 is 0. The van der Waals surface area contributed by atoms with Gasteiger partial charge in [-0.3, -0.25) is 10.3 Å². The number of nitrogens with one attached hydrogen (secondary N) is 1. The van der Waals surface area contributed by atoms with Crippen molar-refractivity contribution in [2.75, 3.05) is 19.8 Å². The molecule has 3 nitrogen and oxygen atoms in total. The molecule has 3 heteroatoms. The number of aliphatic imine (C=N–C) groups is 1. The zero-order valence-corrected chi connectivity index (χ0v) is 9.01. The van der Waals surface area contributed by atoms with Crippen molar-refractivity contribution in [1.29, 1.82) is 0 Å². The number of rotatable bonds is 1. The van der Waals surface area contributed by atoms with Gasteiger partial charge in [0.1, 0.15) is 5.84 Å². The molecular weight excluding hydrogens is 162 g/mol. The molecule has 1 atom stereocenters. The third kappa shape index (κ3) is 2.21. The van der Waals surface area contributed by atoms with Crippen molar-refractivity contribution in [3.63, 3.8) is 0 Å². The lowest BCUT2D eigenvalue weighted by Gasteiger charge is -2.31. The van der Waals surface area contributed by atoms with E-state index in [0.717, 1.165) is 26.2 Å². The highest BCUT2D eigenvalue weighted by molar-refractivity contribution is 5.84. The molecule has 0 aromatic rings. The van der Waals surface area contributed by atoms with E-state index >= 15 is 0 Å². The van der Waals surface area contributed by atoms with Gasteiger partial charge in [-0.1, -0.05) is 20.8 Å². The fourth-order valence-electron chi connectivity index (χ4n) is 1.80. The molecule has 1 N–H and O–H groups in total. The van der Waals surface area contributed by atoms with Crippen molar-refractivity contribution in [3.8, 4) is 0 Å². The van der Waals surface area contributed by atoms with E-state index < -0.39 is 0 Å². The normalized spacial score (nSPS) is 25.9. The van der Waals surface area contributed by atoms with E-state index in [-0.39, 0.29) is 0 Å². The second-order valence-electron chi connectivity index (χ2n) is 3.20. The van der Waals surface area contributed by atoms with E-state index in [9.17, 15) is 0 Å². The van der Waals surface area contributed by atoms with Gasteiger partial charge in [-0.25, -0.2) is 0 Å². The van der Waals surface area contributed by atoms with Crippen LogP contribution in [0.3, 0.4) is 0 Å². The largest absolute Gasteiger partial charge is 0.343 e. The lowest BCUT2D eigenvalue weighted by atomic mass is 10.2. The van der Waals surface area contributed by atoms with Crippen molar-refractivity contribution in [2.45, 2.75) is 39.7 Å². The van der Waals surface area contributed by atoms with Crippen LogP contribution < -0.4 is 5.32 Å². The minimum atomic E-state index is 0.679. The molecule has 0 amide bonds. The van der Waals surface area contributed by atoms with Crippen LogP contribution >= 0.6 is 0 Å². The lowest BCUT2D eigenvalue weighted by molar-refractivity contribution is 0.290. The number of amidine groups is 1. The second-order valence-corrected chi connectivity index (χ2v) is 3.20. The van der Waals surface area contributed by atoms with Crippen LogP contribution in [0.1, 0.15) is 33.6 Å². The Morgan fingerprint density at radius 2 is 2.31 bits per heavy atom.